The summed E-state index contributed by atoms with van der Waals surface area (Å²) in [5.41, 5.74) is 0.727. The van der Waals surface area contributed by atoms with Gasteiger partial charge in [-0.3, -0.25) is 9.59 Å². The van der Waals surface area contributed by atoms with Gasteiger partial charge in [0.25, 0.3) is 11.8 Å². The van der Waals surface area contributed by atoms with Gasteiger partial charge in [-0.15, -0.1) is 0 Å². The van der Waals surface area contributed by atoms with Crippen molar-refractivity contribution in [2.45, 2.75) is 6.04 Å². The van der Waals surface area contributed by atoms with E-state index < -0.39 is 23.7 Å². The maximum Gasteiger partial charge on any atom is 0.262 e. The molecule has 34 heavy (non-hydrogen) atoms. The van der Waals surface area contributed by atoms with E-state index >= 15 is 0 Å². The van der Waals surface area contributed by atoms with E-state index in [4.69, 9.17) is 14.2 Å². The Bertz CT molecular complexity index is 1230. The maximum absolute atomic E-state index is 14.0. The van der Waals surface area contributed by atoms with E-state index in [-0.39, 0.29) is 29.2 Å². The van der Waals surface area contributed by atoms with Crippen molar-refractivity contribution in [1.82, 2.24) is 5.32 Å². The van der Waals surface area contributed by atoms with Crippen LogP contribution in [0.1, 0.15) is 22.0 Å². The molecule has 0 fully saturated rings. The summed E-state index contributed by atoms with van der Waals surface area (Å²) in [6, 6.07) is 17.7. The zero-order chi connectivity index (χ0) is 24.5. The SMILES string of the molecule is COc1ccccc1NC(=O)COc1ccc(C(=O)NC(C#N)c2ccccc2F)cc1OC. The molecule has 0 radical (unpaired) electrons. The summed E-state index contributed by atoms with van der Waals surface area (Å²) < 4.78 is 30.0. The number of nitrogens with zero attached hydrogens (tertiary/aromatic N) is 1. The van der Waals surface area contributed by atoms with Gasteiger partial charge in [0.15, 0.2) is 18.1 Å². The third-order valence-electron chi connectivity index (χ3n) is 4.79. The predicted octanol–water partition coefficient (Wildman–Crippen LogP) is 3.86. The number of halogens is 1. The minimum absolute atomic E-state index is 0.0614. The molecule has 0 aromatic heterocycles. The molecule has 8 nitrogen and oxygen atoms in total. The van der Waals surface area contributed by atoms with Gasteiger partial charge >= 0.3 is 0 Å². The number of carbonyl (C=O) groups is 2. The van der Waals surface area contributed by atoms with Crippen LogP contribution >= 0.6 is 0 Å². The Kier molecular flexibility index (Phi) is 8.02. The van der Waals surface area contributed by atoms with Crippen molar-refractivity contribution in [2.75, 3.05) is 26.1 Å². The quantitative estimate of drug-likeness (QED) is 0.499. The maximum atomic E-state index is 14.0. The van der Waals surface area contributed by atoms with Gasteiger partial charge in [-0.05, 0) is 36.4 Å². The Morgan fingerprint density at radius 1 is 0.971 bits per heavy atom. The van der Waals surface area contributed by atoms with Crippen LogP contribution in [0.4, 0.5) is 10.1 Å². The highest BCUT2D eigenvalue weighted by atomic mass is 19.1. The highest BCUT2D eigenvalue weighted by Crippen LogP contribution is 2.29. The largest absolute Gasteiger partial charge is 0.495 e. The van der Waals surface area contributed by atoms with E-state index in [1.165, 1.54) is 50.6 Å². The van der Waals surface area contributed by atoms with Gasteiger partial charge in [0.2, 0.25) is 0 Å². The Balaban J connectivity index is 1.66. The first-order valence-electron chi connectivity index (χ1n) is 10.2. The Hall–Kier alpha value is -4.58. The topological polar surface area (TPSA) is 110 Å². The van der Waals surface area contributed by atoms with E-state index in [1.807, 2.05) is 6.07 Å². The van der Waals surface area contributed by atoms with Crippen LogP contribution in [0.3, 0.4) is 0 Å². The van der Waals surface area contributed by atoms with E-state index in [0.717, 1.165) is 0 Å². The molecule has 0 spiro atoms. The molecule has 3 aromatic rings. The minimum atomic E-state index is -1.17. The molecule has 0 aliphatic rings. The van der Waals surface area contributed by atoms with E-state index in [1.54, 1.807) is 30.3 Å². The molecule has 3 rings (SSSR count). The fraction of sp³-hybridized carbons (Fsp3) is 0.160. The summed E-state index contributed by atoms with van der Waals surface area (Å²) >= 11 is 0. The number of amides is 2. The predicted molar refractivity (Wildman–Crippen MR) is 122 cm³/mol. The van der Waals surface area contributed by atoms with Crippen LogP contribution in [0.2, 0.25) is 0 Å². The summed E-state index contributed by atoms with van der Waals surface area (Å²) in [7, 11) is 2.88. The molecular weight excluding hydrogens is 441 g/mol. The molecule has 1 unspecified atom stereocenters. The van der Waals surface area contributed by atoms with Gasteiger partial charge in [-0.2, -0.15) is 5.26 Å². The minimum Gasteiger partial charge on any atom is -0.495 e. The molecular formula is C25H22FN3O5. The average Bonchev–Trinajstić information content (AvgIpc) is 2.86. The van der Waals surface area contributed by atoms with E-state index in [9.17, 15) is 19.2 Å². The fourth-order valence-electron chi connectivity index (χ4n) is 3.11. The standard InChI is InChI=1S/C25H22FN3O5/c1-32-21-10-6-5-9-19(21)28-24(30)15-34-22-12-11-16(13-23(22)33-2)25(31)29-20(14-27)17-7-3-4-8-18(17)26/h3-13,20H,15H2,1-2H3,(H,28,30)(H,29,31). The van der Waals surface area contributed by atoms with Crippen LogP contribution in [0.5, 0.6) is 17.2 Å². The molecule has 2 amide bonds. The van der Waals surface area contributed by atoms with Crippen molar-refractivity contribution in [1.29, 1.82) is 5.26 Å². The zero-order valence-electron chi connectivity index (χ0n) is 18.5. The van der Waals surface area contributed by atoms with Gasteiger partial charge < -0.3 is 24.8 Å². The number of carbonyl (C=O) groups excluding carboxylic acids is 2. The van der Waals surface area contributed by atoms with Gasteiger partial charge in [0.1, 0.15) is 17.6 Å². The number of nitrogens with one attached hydrogen (secondary N) is 2. The van der Waals surface area contributed by atoms with E-state index in [2.05, 4.69) is 10.6 Å². The first-order chi connectivity index (χ1) is 16.5. The molecule has 0 saturated carbocycles. The number of nitriles is 1. The van der Waals surface area contributed by atoms with Crippen LogP contribution in [0.15, 0.2) is 66.7 Å². The number of ether oxygens (including phenoxy) is 3. The number of hydrogen-bond acceptors (Lipinski definition) is 6. The molecule has 174 valence electrons. The molecule has 1 atom stereocenters. The second kappa shape index (κ2) is 11.3. The van der Waals surface area contributed by atoms with Crippen LogP contribution in [0.25, 0.3) is 0 Å². The number of para-hydroxylation sites is 2. The fourth-order valence-corrected chi connectivity index (χ4v) is 3.11. The normalized spacial score (nSPS) is 11.0. The van der Waals surface area contributed by atoms with Gasteiger partial charge in [0, 0.05) is 11.1 Å². The molecule has 0 saturated heterocycles. The summed E-state index contributed by atoms with van der Waals surface area (Å²) in [6.07, 6.45) is 0. The number of benzene rings is 3. The zero-order valence-corrected chi connectivity index (χ0v) is 18.5. The van der Waals surface area contributed by atoms with Crippen molar-refractivity contribution < 1.29 is 28.2 Å². The highest BCUT2D eigenvalue weighted by molar-refractivity contribution is 5.95. The van der Waals surface area contributed by atoms with Crippen LogP contribution in [0, 0.1) is 17.1 Å². The lowest BCUT2D eigenvalue weighted by Crippen LogP contribution is -2.28. The molecule has 9 heteroatoms. The average molecular weight is 463 g/mol. The smallest absolute Gasteiger partial charge is 0.262 e. The van der Waals surface area contributed by atoms with Crippen molar-refractivity contribution in [3.63, 3.8) is 0 Å². The van der Waals surface area contributed by atoms with Gasteiger partial charge in [-0.1, -0.05) is 30.3 Å². The van der Waals surface area contributed by atoms with Crippen LogP contribution in [-0.2, 0) is 4.79 Å². The van der Waals surface area contributed by atoms with Crippen molar-refractivity contribution in [2.24, 2.45) is 0 Å². The molecule has 0 aliphatic heterocycles. The number of anilines is 1. The number of methoxy groups -OCH3 is 2. The van der Waals surface area contributed by atoms with E-state index in [0.29, 0.717) is 11.4 Å². The Morgan fingerprint density at radius 2 is 1.68 bits per heavy atom. The van der Waals surface area contributed by atoms with Crippen molar-refractivity contribution in [3.05, 3.63) is 83.7 Å². The molecule has 0 bridgehead atoms. The lowest BCUT2D eigenvalue weighted by atomic mass is 10.1. The summed E-state index contributed by atoms with van der Waals surface area (Å²) in [6.45, 7) is -0.316. The van der Waals surface area contributed by atoms with Crippen LogP contribution in [-0.4, -0.2) is 32.6 Å². The molecule has 2 N–H and O–H groups in total. The Morgan fingerprint density at radius 3 is 2.38 bits per heavy atom. The molecule has 0 heterocycles. The van der Waals surface area contributed by atoms with Gasteiger partial charge in [-0.25, -0.2) is 4.39 Å². The lowest BCUT2D eigenvalue weighted by molar-refractivity contribution is -0.118. The summed E-state index contributed by atoms with van der Waals surface area (Å²) in [5, 5.41) is 14.6. The second-order valence-corrected chi connectivity index (χ2v) is 6.96. The van der Waals surface area contributed by atoms with Crippen molar-refractivity contribution in [3.8, 4) is 23.3 Å². The van der Waals surface area contributed by atoms with Crippen LogP contribution < -0.4 is 24.8 Å². The molecule has 3 aromatic carbocycles. The lowest BCUT2D eigenvalue weighted by Gasteiger charge is -2.15. The first-order valence-corrected chi connectivity index (χ1v) is 10.2. The monoisotopic (exact) mass is 463 g/mol. The molecule has 0 aliphatic carbocycles. The second-order valence-electron chi connectivity index (χ2n) is 6.96. The first kappa shape index (κ1) is 24.1. The third-order valence-corrected chi connectivity index (χ3v) is 4.79. The number of rotatable bonds is 9. The summed E-state index contributed by atoms with van der Waals surface area (Å²) in [5.74, 6) is -0.669. The Labute approximate surface area is 195 Å². The summed E-state index contributed by atoms with van der Waals surface area (Å²) in [4.78, 5) is 24.9. The van der Waals surface area contributed by atoms with Gasteiger partial charge in [0.05, 0.1) is 26.0 Å². The van der Waals surface area contributed by atoms with Crippen molar-refractivity contribution >= 4 is 17.5 Å². The highest BCUT2D eigenvalue weighted by Gasteiger charge is 2.20. The number of hydrogen-bond donors (Lipinski definition) is 2. The third kappa shape index (κ3) is 5.81.